The van der Waals surface area contributed by atoms with Crippen LogP contribution in [-0.4, -0.2) is 48.4 Å². The Labute approximate surface area is 249 Å². The first-order valence-corrected chi connectivity index (χ1v) is 14.5. The topological polar surface area (TPSA) is 97.3 Å². The lowest BCUT2D eigenvalue weighted by Gasteiger charge is -2.27. The normalized spacial score (nSPS) is 19.4. The minimum atomic E-state index is -1.20. The minimum absolute atomic E-state index is 0.0319. The molecule has 0 radical (unpaired) electrons. The zero-order valence-electron chi connectivity index (χ0n) is 24.7. The number of nitrogens with one attached hydrogen (secondary N) is 1. The predicted molar refractivity (Wildman–Crippen MR) is 157 cm³/mol. The number of likely N-dealkylation sites (tertiary alicyclic amines) is 1. The van der Waals surface area contributed by atoms with Crippen molar-refractivity contribution in [1.29, 1.82) is 0 Å². The molecule has 2 N–H and O–H groups in total. The van der Waals surface area contributed by atoms with Crippen LogP contribution in [0.4, 0.5) is 14.5 Å². The van der Waals surface area contributed by atoms with E-state index in [-0.39, 0.29) is 42.9 Å². The number of aryl methyl sites for hydroxylation is 3. The van der Waals surface area contributed by atoms with Crippen LogP contribution in [0, 0.1) is 24.5 Å². The number of carbonyl (C=O) groups is 2. The summed E-state index contributed by atoms with van der Waals surface area (Å²) in [5.74, 6) is -4.38. The zero-order chi connectivity index (χ0) is 30.8. The van der Waals surface area contributed by atoms with Crippen molar-refractivity contribution in [3.05, 3.63) is 81.9 Å². The number of halogens is 2. The van der Waals surface area contributed by atoms with Gasteiger partial charge in [0.05, 0.1) is 25.1 Å². The third kappa shape index (κ3) is 6.01. The van der Waals surface area contributed by atoms with Crippen LogP contribution in [0.1, 0.15) is 60.5 Å². The number of fused-ring (bicyclic) bond motifs is 1. The first-order chi connectivity index (χ1) is 20.6. The Balaban J connectivity index is 1.54. The van der Waals surface area contributed by atoms with E-state index in [0.29, 0.717) is 30.8 Å². The minimum Gasteiger partial charge on any atom is -0.494 e. The second kappa shape index (κ2) is 12.6. The second-order valence-corrected chi connectivity index (χ2v) is 10.9. The van der Waals surface area contributed by atoms with Gasteiger partial charge in [0.2, 0.25) is 18.4 Å². The molecule has 3 atom stereocenters. The van der Waals surface area contributed by atoms with Crippen molar-refractivity contribution in [2.75, 3.05) is 31.8 Å². The summed E-state index contributed by atoms with van der Waals surface area (Å²) in [5.41, 5.74) is 4.32. The number of carboxylic acid groups (broad SMARTS) is 1. The molecule has 2 aliphatic heterocycles. The lowest BCUT2D eigenvalue weighted by Crippen LogP contribution is -2.36. The van der Waals surface area contributed by atoms with E-state index in [1.165, 1.54) is 18.2 Å². The number of aliphatic carboxylic acids is 1. The summed E-state index contributed by atoms with van der Waals surface area (Å²) >= 11 is 0. The van der Waals surface area contributed by atoms with E-state index < -0.39 is 35.5 Å². The monoisotopic (exact) mass is 594 g/mol. The van der Waals surface area contributed by atoms with Crippen LogP contribution < -0.4 is 19.5 Å². The van der Waals surface area contributed by atoms with Gasteiger partial charge in [0.25, 0.3) is 0 Å². The lowest BCUT2D eigenvalue weighted by atomic mass is 9.82. The number of carboxylic acids is 1. The Morgan fingerprint density at radius 1 is 1.02 bits per heavy atom. The molecule has 2 aliphatic rings. The number of rotatable bonds is 10. The SMILES string of the molecule is CCOc1ccc([C@H]2[C@H](C(=O)O)[C@@H](c3cc(F)c4c(c3)OCO4)CN2CC(=O)Nc2c(CC)cc(C)cc2CC)c(F)c1. The molecule has 0 aromatic heterocycles. The molecule has 1 saturated heterocycles. The largest absolute Gasteiger partial charge is 0.494 e. The molecule has 0 aliphatic carbocycles. The molecule has 0 saturated carbocycles. The van der Waals surface area contributed by atoms with Crippen LogP contribution in [0.25, 0.3) is 0 Å². The summed E-state index contributed by atoms with van der Waals surface area (Å²) in [6, 6.07) is 10.1. The number of carbonyl (C=O) groups excluding carboxylic acids is 1. The maximum atomic E-state index is 15.6. The van der Waals surface area contributed by atoms with Crippen molar-refractivity contribution < 1.29 is 37.7 Å². The Morgan fingerprint density at radius 2 is 1.74 bits per heavy atom. The van der Waals surface area contributed by atoms with Crippen LogP contribution >= 0.6 is 0 Å². The van der Waals surface area contributed by atoms with Crippen molar-refractivity contribution in [3.63, 3.8) is 0 Å². The van der Waals surface area contributed by atoms with Gasteiger partial charge in [-0.3, -0.25) is 14.5 Å². The van der Waals surface area contributed by atoms with E-state index in [1.807, 2.05) is 32.9 Å². The van der Waals surface area contributed by atoms with Gasteiger partial charge in [0.15, 0.2) is 11.6 Å². The van der Waals surface area contributed by atoms with Crippen molar-refractivity contribution >= 4 is 17.6 Å². The summed E-state index contributed by atoms with van der Waals surface area (Å²) in [6.07, 6.45) is 1.43. The summed E-state index contributed by atoms with van der Waals surface area (Å²) in [7, 11) is 0. The molecule has 228 valence electrons. The fraction of sp³-hybridized carbons (Fsp3) is 0.394. The first-order valence-electron chi connectivity index (χ1n) is 14.5. The van der Waals surface area contributed by atoms with Crippen molar-refractivity contribution in [1.82, 2.24) is 4.90 Å². The van der Waals surface area contributed by atoms with Crippen molar-refractivity contribution in [2.24, 2.45) is 5.92 Å². The predicted octanol–water partition coefficient (Wildman–Crippen LogP) is 6.01. The van der Waals surface area contributed by atoms with E-state index in [4.69, 9.17) is 14.2 Å². The number of hydrogen-bond acceptors (Lipinski definition) is 6. The Kier molecular flexibility index (Phi) is 8.87. The molecule has 0 unspecified atom stereocenters. The van der Waals surface area contributed by atoms with E-state index in [0.717, 1.165) is 22.4 Å². The smallest absolute Gasteiger partial charge is 0.309 e. The van der Waals surface area contributed by atoms with E-state index in [2.05, 4.69) is 5.32 Å². The molecule has 3 aromatic rings. The highest BCUT2D eigenvalue weighted by Gasteiger charge is 2.49. The summed E-state index contributed by atoms with van der Waals surface area (Å²) in [4.78, 5) is 28.1. The van der Waals surface area contributed by atoms with E-state index in [1.54, 1.807) is 24.0 Å². The molecule has 8 nitrogen and oxygen atoms in total. The Hall–Kier alpha value is -4.18. The molecule has 10 heteroatoms. The van der Waals surface area contributed by atoms with Gasteiger partial charge in [0.1, 0.15) is 11.6 Å². The standard InChI is InChI=1S/C33H36F2N2O6/c1-5-19-10-18(4)11-20(6-2)30(19)36-28(38)16-37-15-24(21-12-26(35)32-27(13-21)42-17-43-32)29(33(39)40)31(37)23-9-8-22(41-7-3)14-25(23)34/h8-14,24,29,31H,5-7,15-17H2,1-4H3,(H,36,38)(H,39,40)/t24-,29-,31+/m1/s1. The highest BCUT2D eigenvalue weighted by atomic mass is 19.1. The average molecular weight is 595 g/mol. The molecular weight excluding hydrogens is 558 g/mol. The van der Waals surface area contributed by atoms with Crippen molar-refractivity contribution in [3.8, 4) is 17.2 Å². The second-order valence-electron chi connectivity index (χ2n) is 10.9. The van der Waals surface area contributed by atoms with Crippen LogP contribution in [-0.2, 0) is 22.4 Å². The summed E-state index contributed by atoms with van der Waals surface area (Å²) < 4.78 is 46.6. The number of hydrogen-bond donors (Lipinski definition) is 2. The summed E-state index contributed by atoms with van der Waals surface area (Å²) in [5, 5.41) is 13.5. The molecule has 1 fully saturated rings. The molecule has 0 spiro atoms. The maximum absolute atomic E-state index is 15.6. The van der Waals surface area contributed by atoms with Gasteiger partial charge in [-0.05, 0) is 61.6 Å². The maximum Gasteiger partial charge on any atom is 0.309 e. The number of ether oxygens (including phenoxy) is 3. The van der Waals surface area contributed by atoms with Gasteiger partial charge in [-0.1, -0.05) is 37.6 Å². The molecule has 5 rings (SSSR count). The number of nitrogens with zero attached hydrogens (tertiary/aromatic N) is 1. The van der Waals surface area contributed by atoms with E-state index in [9.17, 15) is 19.1 Å². The van der Waals surface area contributed by atoms with E-state index >= 15 is 4.39 Å². The highest BCUT2D eigenvalue weighted by Crippen LogP contribution is 2.49. The van der Waals surface area contributed by atoms with Gasteiger partial charge in [-0.15, -0.1) is 0 Å². The highest BCUT2D eigenvalue weighted by molar-refractivity contribution is 5.94. The zero-order valence-corrected chi connectivity index (χ0v) is 24.7. The third-order valence-electron chi connectivity index (χ3n) is 8.18. The quantitative estimate of drug-likeness (QED) is 0.297. The van der Waals surface area contributed by atoms with Gasteiger partial charge in [-0.25, -0.2) is 8.78 Å². The molecular formula is C33H36F2N2O6. The number of anilines is 1. The lowest BCUT2D eigenvalue weighted by molar-refractivity contribution is -0.143. The van der Waals surface area contributed by atoms with Gasteiger partial charge >= 0.3 is 5.97 Å². The first kappa shape index (κ1) is 30.3. The van der Waals surface area contributed by atoms with Gasteiger partial charge < -0.3 is 24.6 Å². The molecule has 2 heterocycles. The molecule has 3 aromatic carbocycles. The fourth-order valence-electron chi connectivity index (χ4n) is 6.33. The molecule has 43 heavy (non-hydrogen) atoms. The Bertz CT molecular complexity index is 1520. The van der Waals surface area contributed by atoms with Gasteiger partial charge in [-0.2, -0.15) is 0 Å². The fourth-order valence-corrected chi connectivity index (χ4v) is 6.33. The van der Waals surface area contributed by atoms with Crippen LogP contribution in [0.15, 0.2) is 42.5 Å². The molecule has 0 bridgehead atoms. The van der Waals surface area contributed by atoms with Crippen LogP contribution in [0.5, 0.6) is 17.2 Å². The molecule has 1 amide bonds. The van der Waals surface area contributed by atoms with Crippen molar-refractivity contribution in [2.45, 2.75) is 52.5 Å². The Morgan fingerprint density at radius 3 is 2.37 bits per heavy atom. The third-order valence-corrected chi connectivity index (χ3v) is 8.18. The van der Waals surface area contributed by atoms with Gasteiger partial charge in [0, 0.05) is 29.8 Å². The average Bonchev–Trinajstić information content (AvgIpc) is 3.59. The number of amides is 1. The van der Waals surface area contributed by atoms with Crippen LogP contribution in [0.2, 0.25) is 0 Å². The van der Waals surface area contributed by atoms with Crippen LogP contribution in [0.3, 0.4) is 0 Å². The summed E-state index contributed by atoms with van der Waals surface area (Å²) in [6.45, 7) is 7.87. The number of benzene rings is 3.